The van der Waals surface area contributed by atoms with Crippen LogP contribution in [0.5, 0.6) is 0 Å². The molecule has 0 aliphatic heterocycles. The first-order valence-electron chi connectivity index (χ1n) is 3.92. The van der Waals surface area contributed by atoms with E-state index < -0.39 is 0 Å². The molecule has 0 atom stereocenters. The number of halogens is 1. The lowest BCUT2D eigenvalue weighted by atomic mass is 10.2. The second kappa shape index (κ2) is 4.90. The van der Waals surface area contributed by atoms with Gasteiger partial charge in [0.25, 0.3) is 0 Å². The van der Waals surface area contributed by atoms with E-state index in [4.69, 9.17) is 16.0 Å². The number of aryl methyl sites for hydroxylation is 1. The molecule has 64 valence electrons. The van der Waals surface area contributed by atoms with Crippen LogP contribution >= 0.6 is 11.6 Å². The molecule has 0 fully saturated rings. The Bertz CT molecular complexity index is 290. The molecule has 0 radical (unpaired) electrons. The van der Waals surface area contributed by atoms with E-state index in [0.29, 0.717) is 5.88 Å². The van der Waals surface area contributed by atoms with Crippen LogP contribution in [-0.2, 0) is 0 Å². The summed E-state index contributed by atoms with van der Waals surface area (Å²) in [5, 5.41) is 0. The van der Waals surface area contributed by atoms with Crippen molar-refractivity contribution in [2.75, 3.05) is 5.88 Å². The van der Waals surface area contributed by atoms with Gasteiger partial charge in [-0.05, 0) is 13.3 Å². The Kier molecular flexibility index (Phi) is 3.76. The number of furan rings is 1. The van der Waals surface area contributed by atoms with Gasteiger partial charge in [0.05, 0.1) is 11.8 Å². The van der Waals surface area contributed by atoms with Gasteiger partial charge in [0.2, 0.25) is 0 Å². The van der Waals surface area contributed by atoms with Gasteiger partial charge in [-0.25, -0.2) is 0 Å². The topological polar surface area (TPSA) is 13.1 Å². The summed E-state index contributed by atoms with van der Waals surface area (Å²) in [6, 6.07) is 0. The van der Waals surface area contributed by atoms with Crippen molar-refractivity contribution >= 4 is 11.6 Å². The Morgan fingerprint density at radius 2 is 2.33 bits per heavy atom. The molecule has 1 rings (SSSR count). The quantitative estimate of drug-likeness (QED) is 0.390. The summed E-state index contributed by atoms with van der Waals surface area (Å²) in [6.45, 7) is 1.98. The Labute approximate surface area is 77.7 Å². The van der Waals surface area contributed by atoms with Crippen molar-refractivity contribution in [2.24, 2.45) is 0 Å². The van der Waals surface area contributed by atoms with Gasteiger partial charge in [-0.1, -0.05) is 11.8 Å². The SMILES string of the molecule is Cc1cocc1C#CCCCCl. The van der Waals surface area contributed by atoms with Crippen molar-refractivity contribution in [3.05, 3.63) is 23.7 Å². The van der Waals surface area contributed by atoms with E-state index in [-0.39, 0.29) is 0 Å². The molecule has 0 unspecified atom stereocenters. The molecule has 12 heavy (non-hydrogen) atoms. The molecule has 1 aromatic heterocycles. The highest BCUT2D eigenvalue weighted by atomic mass is 35.5. The molecule has 0 bridgehead atoms. The number of unbranched alkanes of at least 4 members (excludes halogenated alkanes) is 1. The molecule has 1 aromatic rings. The molecule has 2 heteroatoms. The summed E-state index contributed by atoms with van der Waals surface area (Å²) in [7, 11) is 0. The number of alkyl halides is 1. The molecule has 0 spiro atoms. The lowest BCUT2D eigenvalue weighted by Gasteiger charge is -1.83. The van der Waals surface area contributed by atoms with Crippen LogP contribution in [-0.4, -0.2) is 5.88 Å². The predicted octanol–water partition coefficient (Wildman–Crippen LogP) is 2.96. The van der Waals surface area contributed by atoms with Crippen molar-refractivity contribution < 1.29 is 4.42 Å². The van der Waals surface area contributed by atoms with Gasteiger partial charge in [0, 0.05) is 17.9 Å². The second-order valence-electron chi connectivity index (χ2n) is 2.56. The van der Waals surface area contributed by atoms with Crippen molar-refractivity contribution in [3.63, 3.8) is 0 Å². The number of hydrogen-bond acceptors (Lipinski definition) is 1. The highest BCUT2D eigenvalue weighted by molar-refractivity contribution is 6.17. The minimum atomic E-state index is 0.680. The fourth-order valence-electron chi connectivity index (χ4n) is 0.802. The Hall–Kier alpha value is -0.870. The maximum Gasteiger partial charge on any atom is 0.106 e. The molecule has 0 aromatic carbocycles. The lowest BCUT2D eigenvalue weighted by molar-refractivity contribution is 0.565. The van der Waals surface area contributed by atoms with E-state index in [1.54, 1.807) is 12.5 Å². The fraction of sp³-hybridized carbons (Fsp3) is 0.400. The predicted molar refractivity (Wildman–Crippen MR) is 50.3 cm³/mol. The van der Waals surface area contributed by atoms with E-state index in [1.807, 2.05) is 6.92 Å². The summed E-state index contributed by atoms with van der Waals surface area (Å²) in [5.74, 6) is 6.74. The van der Waals surface area contributed by atoms with Crippen LogP contribution in [0.1, 0.15) is 24.0 Å². The van der Waals surface area contributed by atoms with Gasteiger partial charge in [-0.15, -0.1) is 11.6 Å². The van der Waals surface area contributed by atoms with E-state index in [2.05, 4.69) is 11.8 Å². The highest BCUT2D eigenvalue weighted by Gasteiger charge is 1.93. The van der Waals surface area contributed by atoms with Crippen molar-refractivity contribution in [2.45, 2.75) is 19.8 Å². The van der Waals surface area contributed by atoms with Crippen LogP contribution in [0, 0.1) is 18.8 Å². The molecule has 0 saturated heterocycles. The van der Waals surface area contributed by atoms with E-state index >= 15 is 0 Å². The van der Waals surface area contributed by atoms with Crippen LogP contribution in [0.3, 0.4) is 0 Å². The lowest BCUT2D eigenvalue weighted by Crippen LogP contribution is -1.74. The molecule has 1 nitrogen and oxygen atoms in total. The van der Waals surface area contributed by atoms with Gasteiger partial charge in [-0.2, -0.15) is 0 Å². The summed E-state index contributed by atoms with van der Waals surface area (Å²) in [5.41, 5.74) is 2.07. The first kappa shape index (κ1) is 9.22. The minimum absolute atomic E-state index is 0.680. The summed E-state index contributed by atoms with van der Waals surface area (Å²) in [4.78, 5) is 0. The zero-order valence-corrected chi connectivity index (χ0v) is 7.82. The smallest absolute Gasteiger partial charge is 0.106 e. The first-order valence-corrected chi connectivity index (χ1v) is 4.45. The van der Waals surface area contributed by atoms with E-state index in [0.717, 1.165) is 24.0 Å². The van der Waals surface area contributed by atoms with Crippen LogP contribution in [0.4, 0.5) is 0 Å². The molecule has 0 saturated carbocycles. The standard InChI is InChI=1S/C10H11ClO/c1-9-7-12-8-10(9)5-3-2-4-6-11/h7-8H,2,4,6H2,1H3. The van der Waals surface area contributed by atoms with Crippen LogP contribution in [0.15, 0.2) is 16.9 Å². The molecule has 0 amide bonds. The molecule has 1 heterocycles. The van der Waals surface area contributed by atoms with Crippen molar-refractivity contribution in [3.8, 4) is 11.8 Å². The molecule has 0 aliphatic rings. The number of rotatable bonds is 2. The monoisotopic (exact) mass is 182 g/mol. The Morgan fingerprint density at radius 3 is 2.92 bits per heavy atom. The zero-order chi connectivity index (χ0) is 8.81. The summed E-state index contributed by atoms with van der Waals surface area (Å²) in [6.07, 6.45) is 5.17. The summed E-state index contributed by atoms with van der Waals surface area (Å²) < 4.78 is 4.97. The maximum atomic E-state index is 5.51. The van der Waals surface area contributed by atoms with Crippen molar-refractivity contribution in [1.82, 2.24) is 0 Å². The number of hydrogen-bond donors (Lipinski definition) is 0. The molecule has 0 N–H and O–H groups in total. The average molecular weight is 183 g/mol. The van der Waals surface area contributed by atoms with E-state index in [1.165, 1.54) is 0 Å². The van der Waals surface area contributed by atoms with Gasteiger partial charge in [0.15, 0.2) is 0 Å². The minimum Gasteiger partial charge on any atom is -0.471 e. The first-order chi connectivity index (χ1) is 5.84. The summed E-state index contributed by atoms with van der Waals surface area (Å²) >= 11 is 5.51. The normalized spacial score (nSPS) is 9.17. The molecular weight excluding hydrogens is 172 g/mol. The third-order valence-electron chi connectivity index (χ3n) is 1.51. The average Bonchev–Trinajstić information content (AvgIpc) is 2.46. The van der Waals surface area contributed by atoms with Crippen LogP contribution < -0.4 is 0 Å². The Balaban J connectivity index is 2.49. The van der Waals surface area contributed by atoms with Crippen molar-refractivity contribution in [1.29, 1.82) is 0 Å². The maximum absolute atomic E-state index is 5.51. The third kappa shape index (κ3) is 2.64. The molecule has 0 aliphatic carbocycles. The zero-order valence-electron chi connectivity index (χ0n) is 7.06. The highest BCUT2D eigenvalue weighted by Crippen LogP contribution is 2.06. The van der Waals surface area contributed by atoms with Gasteiger partial charge >= 0.3 is 0 Å². The largest absolute Gasteiger partial charge is 0.471 e. The van der Waals surface area contributed by atoms with Crippen LogP contribution in [0.2, 0.25) is 0 Å². The van der Waals surface area contributed by atoms with Crippen LogP contribution in [0.25, 0.3) is 0 Å². The second-order valence-corrected chi connectivity index (χ2v) is 2.94. The van der Waals surface area contributed by atoms with Gasteiger partial charge < -0.3 is 4.42 Å². The Morgan fingerprint density at radius 1 is 1.50 bits per heavy atom. The van der Waals surface area contributed by atoms with E-state index in [9.17, 15) is 0 Å². The molecular formula is C10H11ClO. The van der Waals surface area contributed by atoms with Gasteiger partial charge in [0.1, 0.15) is 6.26 Å². The third-order valence-corrected chi connectivity index (χ3v) is 1.78. The fourth-order valence-corrected chi connectivity index (χ4v) is 0.935. The van der Waals surface area contributed by atoms with Gasteiger partial charge in [-0.3, -0.25) is 0 Å².